The van der Waals surface area contributed by atoms with E-state index in [0.717, 1.165) is 4.90 Å². The fourth-order valence-electron chi connectivity index (χ4n) is 3.44. The topological polar surface area (TPSA) is 106 Å². The first-order valence-corrected chi connectivity index (χ1v) is 9.39. The van der Waals surface area contributed by atoms with E-state index < -0.39 is 29.9 Å². The van der Waals surface area contributed by atoms with Crippen LogP contribution < -0.4 is 24.8 Å². The van der Waals surface area contributed by atoms with Gasteiger partial charge in [-0.05, 0) is 36.8 Å². The van der Waals surface area contributed by atoms with Crippen molar-refractivity contribution in [3.05, 3.63) is 48.0 Å². The highest BCUT2D eigenvalue weighted by Gasteiger charge is 2.49. The summed E-state index contributed by atoms with van der Waals surface area (Å²) in [5.41, 5.74) is -0.273. The highest BCUT2D eigenvalue weighted by atomic mass is 16.6. The Labute approximate surface area is 172 Å². The standard InChI is InChI=1S/C21H21N3O6/c1-21(13-6-7-16-17(10-13)30-9-8-29-16)19(26)24(20(27)23-21)12-18(25)22-14-4-3-5-15(11-14)28-2/h3-7,10-11H,8-9,12H2,1-2H3,(H,22,25)(H,23,27). The van der Waals surface area contributed by atoms with Crippen molar-refractivity contribution in [2.75, 3.05) is 32.2 Å². The largest absolute Gasteiger partial charge is 0.497 e. The zero-order valence-electron chi connectivity index (χ0n) is 16.6. The van der Waals surface area contributed by atoms with E-state index in [1.807, 2.05) is 0 Å². The SMILES string of the molecule is COc1cccc(NC(=O)CN2C(=O)NC(C)(c3ccc4c(c3)OCCO4)C2=O)c1. The molecule has 2 aromatic rings. The minimum atomic E-state index is -1.32. The van der Waals surface area contributed by atoms with Crippen molar-refractivity contribution in [3.8, 4) is 17.2 Å². The molecule has 4 rings (SSSR count). The summed E-state index contributed by atoms with van der Waals surface area (Å²) in [5.74, 6) is 0.647. The van der Waals surface area contributed by atoms with Crippen molar-refractivity contribution < 1.29 is 28.6 Å². The second-order valence-electron chi connectivity index (χ2n) is 7.09. The van der Waals surface area contributed by atoms with Crippen molar-refractivity contribution in [2.45, 2.75) is 12.5 Å². The Morgan fingerprint density at radius 1 is 1.17 bits per heavy atom. The Hall–Kier alpha value is -3.75. The number of anilines is 1. The van der Waals surface area contributed by atoms with Gasteiger partial charge in [-0.15, -0.1) is 0 Å². The predicted octanol–water partition coefficient (Wildman–Crippen LogP) is 1.87. The van der Waals surface area contributed by atoms with Gasteiger partial charge in [0, 0.05) is 11.8 Å². The fraction of sp³-hybridized carbons (Fsp3) is 0.286. The molecule has 4 amide bonds. The molecule has 2 aliphatic heterocycles. The maximum Gasteiger partial charge on any atom is 0.325 e. The van der Waals surface area contributed by atoms with E-state index in [4.69, 9.17) is 14.2 Å². The molecule has 30 heavy (non-hydrogen) atoms. The molecular weight excluding hydrogens is 390 g/mol. The van der Waals surface area contributed by atoms with Gasteiger partial charge in [-0.2, -0.15) is 0 Å². The third kappa shape index (κ3) is 3.49. The minimum Gasteiger partial charge on any atom is -0.497 e. The molecule has 156 valence electrons. The number of nitrogens with zero attached hydrogens (tertiary/aromatic N) is 1. The number of imide groups is 1. The summed E-state index contributed by atoms with van der Waals surface area (Å²) in [6.07, 6.45) is 0. The second kappa shape index (κ2) is 7.58. The van der Waals surface area contributed by atoms with Gasteiger partial charge in [-0.25, -0.2) is 4.79 Å². The molecule has 1 saturated heterocycles. The van der Waals surface area contributed by atoms with Crippen LogP contribution in [0.4, 0.5) is 10.5 Å². The number of ether oxygens (including phenoxy) is 3. The van der Waals surface area contributed by atoms with Crippen LogP contribution in [0.2, 0.25) is 0 Å². The Balaban J connectivity index is 1.50. The number of urea groups is 1. The molecule has 2 aliphatic rings. The van der Waals surface area contributed by atoms with E-state index >= 15 is 0 Å². The smallest absolute Gasteiger partial charge is 0.325 e. The van der Waals surface area contributed by atoms with Crippen molar-refractivity contribution >= 4 is 23.5 Å². The number of amides is 4. The molecule has 0 aliphatic carbocycles. The Kier molecular flexibility index (Phi) is 4.94. The zero-order valence-corrected chi connectivity index (χ0v) is 16.6. The van der Waals surface area contributed by atoms with Gasteiger partial charge in [0.1, 0.15) is 31.0 Å². The molecule has 9 heteroatoms. The lowest BCUT2D eigenvalue weighted by molar-refractivity contribution is -0.133. The lowest BCUT2D eigenvalue weighted by Crippen LogP contribution is -2.42. The summed E-state index contributed by atoms with van der Waals surface area (Å²) in [5, 5.41) is 5.35. The van der Waals surface area contributed by atoms with Crippen LogP contribution in [0.5, 0.6) is 17.2 Å². The summed E-state index contributed by atoms with van der Waals surface area (Å²) in [6.45, 7) is 2.04. The molecule has 2 heterocycles. The van der Waals surface area contributed by atoms with Gasteiger partial charge in [0.2, 0.25) is 5.91 Å². The Morgan fingerprint density at radius 2 is 1.93 bits per heavy atom. The monoisotopic (exact) mass is 411 g/mol. The maximum atomic E-state index is 13.1. The number of methoxy groups -OCH3 is 1. The third-order valence-electron chi connectivity index (χ3n) is 5.05. The average molecular weight is 411 g/mol. The molecule has 0 spiro atoms. The number of hydrogen-bond acceptors (Lipinski definition) is 6. The lowest BCUT2D eigenvalue weighted by atomic mass is 9.91. The van der Waals surface area contributed by atoms with Crippen LogP contribution in [-0.4, -0.2) is 49.6 Å². The Bertz CT molecular complexity index is 1020. The molecule has 1 unspecified atom stereocenters. The van der Waals surface area contributed by atoms with Gasteiger partial charge in [0.05, 0.1) is 7.11 Å². The quantitative estimate of drug-likeness (QED) is 0.728. The molecule has 0 bridgehead atoms. The normalized spacial score (nSPS) is 20.0. The molecule has 0 radical (unpaired) electrons. The third-order valence-corrected chi connectivity index (χ3v) is 5.05. The van der Waals surface area contributed by atoms with Crippen LogP contribution >= 0.6 is 0 Å². The number of hydrogen-bond donors (Lipinski definition) is 2. The summed E-state index contributed by atoms with van der Waals surface area (Å²) in [6, 6.07) is 11.2. The maximum absolute atomic E-state index is 13.1. The van der Waals surface area contributed by atoms with Crippen LogP contribution in [0.1, 0.15) is 12.5 Å². The van der Waals surface area contributed by atoms with E-state index in [1.54, 1.807) is 49.4 Å². The highest BCUT2D eigenvalue weighted by molar-refractivity contribution is 6.10. The number of carbonyl (C=O) groups is 3. The molecule has 0 aromatic heterocycles. The zero-order chi connectivity index (χ0) is 21.3. The lowest BCUT2D eigenvalue weighted by Gasteiger charge is -2.25. The molecular formula is C21H21N3O6. The summed E-state index contributed by atoms with van der Waals surface area (Å²) in [7, 11) is 1.52. The van der Waals surface area contributed by atoms with E-state index in [0.29, 0.717) is 41.7 Å². The average Bonchev–Trinajstić information content (AvgIpc) is 2.97. The van der Waals surface area contributed by atoms with Crippen LogP contribution in [0.25, 0.3) is 0 Å². The summed E-state index contributed by atoms with van der Waals surface area (Å²) >= 11 is 0. The number of fused-ring (bicyclic) bond motifs is 1. The molecule has 0 saturated carbocycles. The van der Waals surface area contributed by atoms with Crippen molar-refractivity contribution in [3.63, 3.8) is 0 Å². The number of benzene rings is 2. The van der Waals surface area contributed by atoms with Crippen molar-refractivity contribution in [1.29, 1.82) is 0 Å². The molecule has 1 fully saturated rings. The first kappa shape index (κ1) is 19.6. The van der Waals surface area contributed by atoms with E-state index in [9.17, 15) is 14.4 Å². The molecule has 1 atom stereocenters. The first-order chi connectivity index (χ1) is 14.4. The number of rotatable bonds is 5. The Morgan fingerprint density at radius 3 is 2.70 bits per heavy atom. The van der Waals surface area contributed by atoms with Crippen LogP contribution in [0.15, 0.2) is 42.5 Å². The molecule has 9 nitrogen and oxygen atoms in total. The van der Waals surface area contributed by atoms with Gasteiger partial charge < -0.3 is 24.8 Å². The van der Waals surface area contributed by atoms with E-state index in [1.165, 1.54) is 7.11 Å². The number of nitrogens with one attached hydrogen (secondary N) is 2. The van der Waals surface area contributed by atoms with Gasteiger partial charge in [0.15, 0.2) is 11.5 Å². The molecule has 2 N–H and O–H groups in total. The van der Waals surface area contributed by atoms with Crippen molar-refractivity contribution in [1.82, 2.24) is 10.2 Å². The van der Waals surface area contributed by atoms with E-state index in [2.05, 4.69) is 10.6 Å². The molecule has 2 aromatic carbocycles. The number of carbonyl (C=O) groups excluding carboxylic acids is 3. The summed E-state index contributed by atoms with van der Waals surface area (Å²) in [4.78, 5) is 38.9. The fourth-order valence-corrected chi connectivity index (χ4v) is 3.44. The van der Waals surface area contributed by atoms with Crippen molar-refractivity contribution in [2.24, 2.45) is 0 Å². The van der Waals surface area contributed by atoms with Crippen LogP contribution in [0.3, 0.4) is 0 Å². The van der Waals surface area contributed by atoms with Gasteiger partial charge in [-0.1, -0.05) is 12.1 Å². The van der Waals surface area contributed by atoms with Gasteiger partial charge in [-0.3, -0.25) is 14.5 Å². The van der Waals surface area contributed by atoms with Crippen LogP contribution in [-0.2, 0) is 15.1 Å². The predicted molar refractivity (Wildman–Crippen MR) is 107 cm³/mol. The highest BCUT2D eigenvalue weighted by Crippen LogP contribution is 2.36. The van der Waals surface area contributed by atoms with Gasteiger partial charge >= 0.3 is 6.03 Å². The summed E-state index contributed by atoms with van der Waals surface area (Å²) < 4.78 is 16.2. The first-order valence-electron chi connectivity index (χ1n) is 9.39. The second-order valence-corrected chi connectivity index (χ2v) is 7.09. The van der Waals surface area contributed by atoms with Gasteiger partial charge in [0.25, 0.3) is 5.91 Å². The minimum absolute atomic E-state index is 0.407. The van der Waals surface area contributed by atoms with E-state index in [-0.39, 0.29) is 0 Å². The van der Waals surface area contributed by atoms with Crippen LogP contribution in [0, 0.1) is 0 Å².